The first-order valence-corrected chi connectivity index (χ1v) is 6.94. The Kier molecular flexibility index (Phi) is 10.5. The molecule has 0 aliphatic rings. The maximum atomic E-state index is 10.3. The molecular formula is C18H14N4O4. The molecule has 2 rings (SSSR count). The number of aliphatic imine (C=N–C) groups is 2. The van der Waals surface area contributed by atoms with Gasteiger partial charge in [0.25, 0.3) is 0 Å². The molecule has 0 spiro atoms. The minimum Gasteiger partial charge on any atom is -0.222 e. The van der Waals surface area contributed by atoms with Gasteiger partial charge in [0.1, 0.15) is 0 Å². The van der Waals surface area contributed by atoms with E-state index in [1.54, 1.807) is 24.3 Å². The van der Waals surface area contributed by atoms with E-state index in [-0.39, 0.29) is 0 Å². The van der Waals surface area contributed by atoms with E-state index in [1.165, 1.54) is 0 Å². The molecule has 0 heterocycles. The number of benzene rings is 2. The zero-order valence-electron chi connectivity index (χ0n) is 14.0. The smallest absolute Gasteiger partial charge is 0.222 e. The molecule has 0 unspecified atom stereocenters. The van der Waals surface area contributed by atoms with Crippen LogP contribution in [0.3, 0.4) is 0 Å². The van der Waals surface area contributed by atoms with E-state index in [2.05, 4.69) is 9.98 Å². The van der Waals surface area contributed by atoms with Crippen molar-refractivity contribution in [2.45, 2.75) is 13.8 Å². The van der Waals surface area contributed by atoms with Crippen molar-refractivity contribution in [1.29, 1.82) is 10.8 Å². The molecule has 2 N–H and O–H groups in total. The monoisotopic (exact) mass is 350 g/mol. The maximum Gasteiger partial charge on any atom is 0.240 e. The fraction of sp³-hybridized carbons (Fsp3) is 0.111. The minimum atomic E-state index is 0.614. The van der Waals surface area contributed by atoms with E-state index < -0.39 is 0 Å². The second-order valence-corrected chi connectivity index (χ2v) is 4.61. The maximum absolute atomic E-state index is 10.3. The van der Waals surface area contributed by atoms with Gasteiger partial charge in [-0.25, -0.2) is 30.0 Å². The van der Waals surface area contributed by atoms with Crippen molar-refractivity contribution >= 4 is 35.7 Å². The number of hydrogen-bond donors (Lipinski definition) is 2. The number of carbonyl (C=O) groups excluding carboxylic acids is 4. The highest BCUT2D eigenvalue weighted by Crippen LogP contribution is 2.29. The summed E-state index contributed by atoms with van der Waals surface area (Å²) >= 11 is 0. The van der Waals surface area contributed by atoms with Gasteiger partial charge in [0.05, 0.1) is 11.4 Å². The van der Waals surface area contributed by atoms with Crippen LogP contribution in [0.15, 0.2) is 46.4 Å². The van der Waals surface area contributed by atoms with Gasteiger partial charge in [-0.2, -0.15) is 9.98 Å². The molecule has 0 saturated heterocycles. The molecule has 8 heteroatoms. The number of isocyanates is 4. The first kappa shape index (κ1) is 22.0. The van der Waals surface area contributed by atoms with Gasteiger partial charge in [-0.05, 0) is 60.4 Å². The Morgan fingerprint density at radius 3 is 1.23 bits per heavy atom. The zero-order valence-corrected chi connectivity index (χ0v) is 14.0. The highest BCUT2D eigenvalue weighted by molar-refractivity contribution is 5.71. The van der Waals surface area contributed by atoms with Crippen LogP contribution in [-0.2, 0) is 19.2 Å². The van der Waals surface area contributed by atoms with E-state index in [0.717, 1.165) is 34.4 Å². The van der Waals surface area contributed by atoms with Crippen molar-refractivity contribution in [3.63, 3.8) is 0 Å². The summed E-state index contributed by atoms with van der Waals surface area (Å²) in [6.07, 6.45) is 4.58. The van der Waals surface area contributed by atoms with Crippen molar-refractivity contribution in [3.8, 4) is 11.1 Å². The summed E-state index contributed by atoms with van der Waals surface area (Å²) in [4.78, 5) is 44.5. The van der Waals surface area contributed by atoms with Crippen LogP contribution in [0.1, 0.15) is 11.1 Å². The normalized spacial score (nSPS) is 7.92. The fourth-order valence-electron chi connectivity index (χ4n) is 2.02. The largest absolute Gasteiger partial charge is 0.240 e. The summed E-state index contributed by atoms with van der Waals surface area (Å²) in [7, 11) is 0. The predicted molar refractivity (Wildman–Crippen MR) is 93.7 cm³/mol. The van der Waals surface area contributed by atoms with Gasteiger partial charge >= 0.3 is 0 Å². The van der Waals surface area contributed by atoms with Gasteiger partial charge in [-0.15, -0.1) is 0 Å². The predicted octanol–water partition coefficient (Wildman–Crippen LogP) is 3.71. The zero-order chi connectivity index (χ0) is 19.9. The van der Waals surface area contributed by atoms with E-state index in [9.17, 15) is 9.59 Å². The van der Waals surface area contributed by atoms with Crippen LogP contribution in [-0.4, -0.2) is 24.3 Å². The third-order valence-corrected chi connectivity index (χ3v) is 3.06. The summed E-state index contributed by atoms with van der Waals surface area (Å²) in [5.41, 5.74) is 5.05. The van der Waals surface area contributed by atoms with Crippen LogP contribution in [0.2, 0.25) is 0 Å². The third-order valence-electron chi connectivity index (χ3n) is 3.06. The molecular weight excluding hydrogens is 336 g/mol. The lowest BCUT2D eigenvalue weighted by Crippen LogP contribution is -1.83. The SMILES string of the molecule is Cc1cc(-c2ccc(N=C=O)c(C)c2)ccc1N=C=O.N=C=O.N=C=O. The average Bonchev–Trinajstić information content (AvgIpc) is 2.60. The molecule has 0 atom stereocenters. The topological polar surface area (TPSA) is 141 Å². The van der Waals surface area contributed by atoms with E-state index in [0.29, 0.717) is 11.4 Å². The Bertz CT molecular complexity index is 851. The quantitative estimate of drug-likeness (QED) is 0.643. The van der Waals surface area contributed by atoms with Crippen LogP contribution in [0.4, 0.5) is 11.4 Å². The Hall–Kier alpha value is -4.04. The number of nitrogens with one attached hydrogen (secondary N) is 2. The van der Waals surface area contributed by atoms with Gasteiger partial charge < -0.3 is 0 Å². The second-order valence-electron chi connectivity index (χ2n) is 4.61. The molecule has 0 aliphatic carbocycles. The Balaban J connectivity index is 0.000000918. The summed E-state index contributed by atoms with van der Waals surface area (Å²) in [5, 5.41) is 10.8. The number of rotatable bonds is 3. The molecule has 0 aliphatic heterocycles. The molecule has 0 amide bonds. The molecule has 0 aromatic heterocycles. The van der Waals surface area contributed by atoms with Gasteiger partial charge in [0, 0.05) is 0 Å². The van der Waals surface area contributed by atoms with Crippen LogP contribution in [0.5, 0.6) is 0 Å². The molecule has 0 bridgehead atoms. The lowest BCUT2D eigenvalue weighted by atomic mass is 10.00. The van der Waals surface area contributed by atoms with Gasteiger partial charge in [-0.1, -0.05) is 12.1 Å². The molecule has 0 radical (unpaired) electrons. The summed E-state index contributed by atoms with van der Waals surface area (Å²) < 4.78 is 0. The number of hydrogen-bond acceptors (Lipinski definition) is 8. The first-order chi connectivity index (χ1) is 12.5. The fourth-order valence-corrected chi connectivity index (χ4v) is 2.02. The molecule has 2 aromatic carbocycles. The van der Waals surface area contributed by atoms with Gasteiger partial charge in [-0.3, -0.25) is 0 Å². The van der Waals surface area contributed by atoms with Crippen molar-refractivity contribution in [1.82, 2.24) is 0 Å². The first-order valence-electron chi connectivity index (χ1n) is 6.94. The van der Waals surface area contributed by atoms with E-state index in [4.69, 9.17) is 20.4 Å². The van der Waals surface area contributed by atoms with Crippen LogP contribution in [0, 0.1) is 24.7 Å². The average molecular weight is 350 g/mol. The van der Waals surface area contributed by atoms with Crippen molar-refractivity contribution in [3.05, 3.63) is 47.5 Å². The number of nitrogens with zero attached hydrogens (tertiary/aromatic N) is 2. The number of aryl methyl sites for hydroxylation is 2. The molecule has 8 nitrogen and oxygen atoms in total. The van der Waals surface area contributed by atoms with E-state index in [1.807, 2.05) is 38.1 Å². The molecule has 0 saturated carbocycles. The standard InChI is InChI=1S/C16H12N2O2.2CHNO/c1-11-7-13(3-5-15(11)17-9-19)14-4-6-16(18-10-20)12(2)8-14;2*2-1-3/h3-8H,1-2H3;2*2H. The van der Waals surface area contributed by atoms with Crippen LogP contribution >= 0.6 is 0 Å². The minimum absolute atomic E-state index is 0.614. The third kappa shape index (κ3) is 7.02. The Labute approximate surface area is 148 Å². The molecule has 2 aromatic rings. The van der Waals surface area contributed by atoms with Gasteiger partial charge in [0.2, 0.25) is 24.3 Å². The van der Waals surface area contributed by atoms with Crippen molar-refractivity contribution in [2.24, 2.45) is 9.98 Å². The summed E-state index contributed by atoms with van der Waals surface area (Å²) in [6, 6.07) is 11.2. The second kappa shape index (κ2) is 12.4. The van der Waals surface area contributed by atoms with Crippen LogP contribution < -0.4 is 0 Å². The molecule has 26 heavy (non-hydrogen) atoms. The summed E-state index contributed by atoms with van der Waals surface area (Å²) in [5.74, 6) is 0. The lowest BCUT2D eigenvalue weighted by Gasteiger charge is -2.07. The Morgan fingerprint density at radius 2 is 1.00 bits per heavy atom. The van der Waals surface area contributed by atoms with Crippen molar-refractivity contribution < 1.29 is 19.2 Å². The Morgan fingerprint density at radius 1 is 0.692 bits per heavy atom. The highest BCUT2D eigenvalue weighted by atomic mass is 16.1. The van der Waals surface area contributed by atoms with Gasteiger partial charge in [0.15, 0.2) is 0 Å². The van der Waals surface area contributed by atoms with Crippen molar-refractivity contribution in [2.75, 3.05) is 0 Å². The summed E-state index contributed by atoms with van der Waals surface area (Å²) in [6.45, 7) is 3.77. The van der Waals surface area contributed by atoms with E-state index >= 15 is 0 Å². The van der Waals surface area contributed by atoms with Crippen LogP contribution in [0.25, 0.3) is 11.1 Å². The molecule has 130 valence electrons. The highest BCUT2D eigenvalue weighted by Gasteiger charge is 2.04. The molecule has 0 fully saturated rings. The lowest BCUT2D eigenvalue weighted by molar-refractivity contribution is 0.562.